The van der Waals surface area contributed by atoms with Crippen molar-refractivity contribution in [2.24, 2.45) is 0 Å². The molecule has 0 bridgehead atoms. The molecule has 0 saturated carbocycles. The molecule has 0 radical (unpaired) electrons. The highest BCUT2D eigenvalue weighted by molar-refractivity contribution is 6.07. The molecule has 0 atom stereocenters. The molecule has 80 valence electrons. The van der Waals surface area contributed by atoms with Crippen LogP contribution in [0.15, 0.2) is 24.5 Å². The van der Waals surface area contributed by atoms with Crippen LogP contribution in [0.3, 0.4) is 0 Å². The molecule has 0 aliphatic carbocycles. The van der Waals surface area contributed by atoms with Gasteiger partial charge in [-0.15, -0.1) is 0 Å². The molecule has 2 N–H and O–H groups in total. The number of anilines is 1. The van der Waals surface area contributed by atoms with Crippen LogP contribution >= 0.6 is 0 Å². The number of nitrogens with zero attached hydrogens (tertiary/aromatic N) is 2. The van der Waals surface area contributed by atoms with Gasteiger partial charge in [-0.3, -0.25) is 0 Å². The Balaban J connectivity index is 2.50. The maximum absolute atomic E-state index is 13.2. The van der Waals surface area contributed by atoms with E-state index in [0.717, 1.165) is 21.9 Å². The van der Waals surface area contributed by atoms with E-state index >= 15 is 0 Å². The third-order valence-corrected chi connectivity index (χ3v) is 2.58. The average molecular weight is 216 g/mol. The number of aromatic amines is 1. The SMILES string of the molecule is CNc1ncnc2c1[nH]c1ccc(F)cc12. The fraction of sp³-hybridized carbons (Fsp3) is 0.0909. The lowest BCUT2D eigenvalue weighted by molar-refractivity contribution is 0.630. The second-order valence-corrected chi connectivity index (χ2v) is 3.51. The first-order chi connectivity index (χ1) is 7.79. The molecule has 4 nitrogen and oxygen atoms in total. The minimum atomic E-state index is -0.266. The minimum absolute atomic E-state index is 0.266. The maximum Gasteiger partial charge on any atom is 0.153 e. The van der Waals surface area contributed by atoms with Crippen LogP contribution in [-0.4, -0.2) is 22.0 Å². The van der Waals surface area contributed by atoms with Gasteiger partial charge in [-0.1, -0.05) is 0 Å². The quantitative estimate of drug-likeness (QED) is 0.656. The summed E-state index contributed by atoms with van der Waals surface area (Å²) in [5.74, 6) is 0.444. The predicted octanol–water partition coefficient (Wildman–Crippen LogP) is 2.29. The fourth-order valence-electron chi connectivity index (χ4n) is 1.85. The van der Waals surface area contributed by atoms with Gasteiger partial charge in [0.05, 0.1) is 0 Å². The van der Waals surface area contributed by atoms with Gasteiger partial charge in [0.2, 0.25) is 0 Å². The summed E-state index contributed by atoms with van der Waals surface area (Å²) in [4.78, 5) is 11.4. The monoisotopic (exact) mass is 216 g/mol. The first-order valence-corrected chi connectivity index (χ1v) is 4.89. The summed E-state index contributed by atoms with van der Waals surface area (Å²) >= 11 is 0. The molecule has 0 saturated heterocycles. The summed E-state index contributed by atoms with van der Waals surface area (Å²) < 4.78 is 13.2. The summed E-state index contributed by atoms with van der Waals surface area (Å²) in [6.45, 7) is 0. The highest BCUT2D eigenvalue weighted by atomic mass is 19.1. The van der Waals surface area contributed by atoms with Gasteiger partial charge >= 0.3 is 0 Å². The Morgan fingerprint density at radius 1 is 1.31 bits per heavy atom. The third-order valence-electron chi connectivity index (χ3n) is 2.58. The normalized spacial score (nSPS) is 11.1. The second kappa shape index (κ2) is 3.16. The molecule has 16 heavy (non-hydrogen) atoms. The molecular weight excluding hydrogens is 207 g/mol. The summed E-state index contributed by atoms with van der Waals surface area (Å²) in [7, 11) is 1.79. The topological polar surface area (TPSA) is 53.6 Å². The fourth-order valence-corrected chi connectivity index (χ4v) is 1.85. The predicted molar refractivity (Wildman–Crippen MR) is 60.9 cm³/mol. The van der Waals surface area contributed by atoms with E-state index in [9.17, 15) is 4.39 Å². The molecule has 3 aromatic rings. The molecule has 2 heterocycles. The number of nitrogens with one attached hydrogen (secondary N) is 2. The van der Waals surface area contributed by atoms with Gasteiger partial charge in [-0.2, -0.15) is 0 Å². The van der Waals surface area contributed by atoms with Crippen molar-refractivity contribution in [3.63, 3.8) is 0 Å². The number of benzene rings is 1. The van der Waals surface area contributed by atoms with E-state index in [1.54, 1.807) is 13.1 Å². The van der Waals surface area contributed by atoms with E-state index < -0.39 is 0 Å². The van der Waals surface area contributed by atoms with Gasteiger partial charge in [-0.05, 0) is 18.2 Å². The zero-order valence-corrected chi connectivity index (χ0v) is 8.58. The molecule has 1 aromatic carbocycles. The number of rotatable bonds is 1. The van der Waals surface area contributed by atoms with E-state index in [1.165, 1.54) is 18.5 Å². The number of halogens is 1. The van der Waals surface area contributed by atoms with Crippen LogP contribution in [0, 0.1) is 5.82 Å². The van der Waals surface area contributed by atoms with Crippen LogP contribution < -0.4 is 5.32 Å². The molecule has 2 aromatic heterocycles. The Morgan fingerprint density at radius 3 is 3.00 bits per heavy atom. The molecule has 0 unspecified atom stereocenters. The van der Waals surface area contributed by atoms with Gasteiger partial charge in [0.1, 0.15) is 23.2 Å². The Kier molecular flexibility index (Phi) is 1.80. The summed E-state index contributed by atoms with van der Waals surface area (Å²) in [6, 6.07) is 4.59. The molecule has 3 rings (SSSR count). The van der Waals surface area contributed by atoms with Crippen LogP contribution in [0.2, 0.25) is 0 Å². The maximum atomic E-state index is 13.2. The van der Waals surface area contributed by atoms with E-state index in [2.05, 4.69) is 20.3 Å². The van der Waals surface area contributed by atoms with Gasteiger partial charge in [0.25, 0.3) is 0 Å². The van der Waals surface area contributed by atoms with Gasteiger partial charge in [0, 0.05) is 18.0 Å². The van der Waals surface area contributed by atoms with Crippen molar-refractivity contribution >= 4 is 27.8 Å². The van der Waals surface area contributed by atoms with Crippen molar-refractivity contribution in [1.29, 1.82) is 0 Å². The van der Waals surface area contributed by atoms with Crippen molar-refractivity contribution in [2.45, 2.75) is 0 Å². The van der Waals surface area contributed by atoms with E-state index in [0.29, 0.717) is 5.82 Å². The molecular formula is C11H9FN4. The highest BCUT2D eigenvalue weighted by Gasteiger charge is 2.09. The highest BCUT2D eigenvalue weighted by Crippen LogP contribution is 2.27. The van der Waals surface area contributed by atoms with Crippen molar-refractivity contribution in [2.75, 3.05) is 12.4 Å². The van der Waals surface area contributed by atoms with Gasteiger partial charge < -0.3 is 10.3 Å². The lowest BCUT2D eigenvalue weighted by atomic mass is 10.2. The Hall–Kier alpha value is -2.17. The molecule has 0 aliphatic heterocycles. The lowest BCUT2D eigenvalue weighted by Gasteiger charge is -1.98. The molecule has 0 fully saturated rings. The molecule has 0 spiro atoms. The van der Waals surface area contributed by atoms with Gasteiger partial charge in [0.15, 0.2) is 5.82 Å². The standard InChI is InChI=1S/C11H9FN4/c1-13-11-10-9(14-5-15-11)7-4-6(12)2-3-8(7)16-10/h2-5,16H,1H3,(H,13,14,15). The minimum Gasteiger partial charge on any atom is -0.371 e. The Labute approximate surface area is 90.5 Å². The summed E-state index contributed by atoms with van der Waals surface area (Å²) in [5.41, 5.74) is 2.38. The number of aromatic nitrogens is 3. The molecule has 0 amide bonds. The Bertz CT molecular complexity index is 674. The van der Waals surface area contributed by atoms with Crippen LogP contribution in [0.1, 0.15) is 0 Å². The lowest BCUT2D eigenvalue weighted by Crippen LogP contribution is -1.93. The van der Waals surface area contributed by atoms with Crippen LogP contribution in [0.5, 0.6) is 0 Å². The van der Waals surface area contributed by atoms with Crippen molar-refractivity contribution < 1.29 is 4.39 Å². The molecule has 0 aliphatic rings. The van der Waals surface area contributed by atoms with Gasteiger partial charge in [-0.25, -0.2) is 14.4 Å². The number of fused-ring (bicyclic) bond motifs is 3. The largest absolute Gasteiger partial charge is 0.371 e. The summed E-state index contributed by atoms with van der Waals surface area (Å²) in [5, 5.41) is 3.74. The average Bonchev–Trinajstić information content (AvgIpc) is 2.67. The first-order valence-electron chi connectivity index (χ1n) is 4.89. The van der Waals surface area contributed by atoms with Crippen LogP contribution in [0.25, 0.3) is 21.9 Å². The van der Waals surface area contributed by atoms with Crippen molar-refractivity contribution in [1.82, 2.24) is 15.0 Å². The number of hydrogen-bond donors (Lipinski definition) is 2. The van der Waals surface area contributed by atoms with Crippen molar-refractivity contribution in [3.8, 4) is 0 Å². The zero-order chi connectivity index (χ0) is 11.1. The smallest absolute Gasteiger partial charge is 0.153 e. The van der Waals surface area contributed by atoms with Crippen LogP contribution in [-0.2, 0) is 0 Å². The third kappa shape index (κ3) is 1.14. The number of hydrogen-bond acceptors (Lipinski definition) is 3. The Morgan fingerprint density at radius 2 is 2.19 bits per heavy atom. The zero-order valence-electron chi connectivity index (χ0n) is 8.58. The number of H-pyrrole nitrogens is 1. The second-order valence-electron chi connectivity index (χ2n) is 3.51. The first kappa shape index (κ1) is 9.08. The van der Waals surface area contributed by atoms with E-state index in [-0.39, 0.29) is 5.82 Å². The molecule has 5 heteroatoms. The van der Waals surface area contributed by atoms with E-state index in [4.69, 9.17) is 0 Å². The van der Waals surface area contributed by atoms with Crippen LogP contribution in [0.4, 0.5) is 10.2 Å². The summed E-state index contributed by atoms with van der Waals surface area (Å²) in [6.07, 6.45) is 1.46. The van der Waals surface area contributed by atoms with E-state index in [1.807, 2.05) is 0 Å². The van der Waals surface area contributed by atoms with Crippen molar-refractivity contribution in [3.05, 3.63) is 30.3 Å².